The molecule has 0 radical (unpaired) electrons. The second kappa shape index (κ2) is 64.8. The Morgan fingerprint density at radius 1 is 0.366 bits per heavy atom. The monoisotopic (exact) mass is 1160 g/mol. The molecule has 0 aliphatic rings. The van der Waals surface area contributed by atoms with Crippen molar-refractivity contribution in [1.82, 2.24) is 0 Å². The highest BCUT2D eigenvalue weighted by Gasteiger charge is 2.22. The van der Waals surface area contributed by atoms with Gasteiger partial charge < -0.3 is 33.3 Å². The summed E-state index contributed by atoms with van der Waals surface area (Å²) in [6.45, 7) is 4.81. The highest BCUT2D eigenvalue weighted by atomic mass is 16.7. The molecule has 0 saturated carbocycles. The summed E-state index contributed by atoms with van der Waals surface area (Å²) in [7, 11) is 5.94. The Kier molecular flexibility index (Phi) is 63.0. The molecular formula is C73H139NO8. The van der Waals surface area contributed by atoms with Crippen LogP contribution in [-0.2, 0) is 33.3 Å². The summed E-state index contributed by atoms with van der Waals surface area (Å²) in [6, 6.07) is 0. The Bertz CT molecular complexity index is 1390. The van der Waals surface area contributed by atoms with Gasteiger partial charge in [0.15, 0.2) is 12.4 Å². The van der Waals surface area contributed by atoms with Crippen LogP contribution in [0, 0.1) is 0 Å². The zero-order chi connectivity index (χ0) is 59.8. The van der Waals surface area contributed by atoms with Gasteiger partial charge in [0, 0.05) is 12.8 Å². The molecule has 0 aliphatic heterocycles. The fourth-order valence-electron chi connectivity index (χ4n) is 10.9. The van der Waals surface area contributed by atoms with E-state index in [1.165, 1.54) is 295 Å². The molecule has 9 nitrogen and oxygen atoms in total. The molecule has 0 aromatic carbocycles. The molecule has 82 heavy (non-hydrogen) atoms. The first kappa shape index (κ1) is 79.8. The third-order valence-electron chi connectivity index (χ3n) is 16.5. The van der Waals surface area contributed by atoms with Crippen LogP contribution in [0.25, 0.3) is 0 Å². The molecule has 0 fully saturated rings. The Morgan fingerprint density at radius 2 is 0.659 bits per heavy atom. The smallest absolute Gasteiger partial charge is 0.306 e. The molecule has 0 rings (SSSR count). The fraction of sp³-hybridized carbons (Fsp3) is 0.904. The van der Waals surface area contributed by atoms with E-state index in [4.69, 9.17) is 18.9 Å². The number of ether oxygens (including phenoxy) is 4. The largest absolute Gasteiger partial charge is 0.545 e. The predicted octanol–water partition coefficient (Wildman–Crippen LogP) is 20.9. The van der Waals surface area contributed by atoms with Crippen LogP contribution < -0.4 is 5.11 Å². The highest BCUT2D eigenvalue weighted by molar-refractivity contribution is 5.70. The zero-order valence-electron chi connectivity index (χ0n) is 55.4. The summed E-state index contributed by atoms with van der Waals surface area (Å²) in [5.74, 6) is -2.25. The number of carboxylic acids is 1. The molecule has 484 valence electrons. The molecule has 0 N–H and O–H groups in total. The quantitative estimate of drug-likeness (QED) is 0.0195. The number of nitrogens with zero attached hydrogens (tertiary/aromatic N) is 1. The van der Waals surface area contributed by atoms with Gasteiger partial charge in [0.05, 0.1) is 40.3 Å². The number of aliphatic carboxylic acids is 1. The molecule has 0 aromatic rings. The summed E-state index contributed by atoms with van der Waals surface area (Å²) in [6.07, 6.45) is 77.1. The minimum absolute atomic E-state index is 0.152. The van der Waals surface area contributed by atoms with E-state index in [1.807, 2.05) is 21.1 Å². The number of hydrogen-bond donors (Lipinski definition) is 0. The Labute approximate surface area is 509 Å². The minimum Gasteiger partial charge on any atom is -0.545 e. The Morgan fingerprint density at radius 3 is 0.963 bits per heavy atom. The third-order valence-corrected chi connectivity index (χ3v) is 16.5. The number of likely N-dealkylation sites (N-methyl/N-ethyl adjacent to an activating group) is 1. The van der Waals surface area contributed by atoms with E-state index < -0.39 is 24.3 Å². The van der Waals surface area contributed by atoms with E-state index in [2.05, 4.69) is 38.2 Å². The van der Waals surface area contributed by atoms with Crippen molar-refractivity contribution in [3.63, 3.8) is 0 Å². The van der Waals surface area contributed by atoms with E-state index in [0.29, 0.717) is 17.4 Å². The van der Waals surface area contributed by atoms with Gasteiger partial charge in [0.2, 0.25) is 0 Å². The molecule has 0 aliphatic carbocycles. The van der Waals surface area contributed by atoms with Gasteiger partial charge in [0.25, 0.3) is 0 Å². The molecule has 2 atom stereocenters. The summed E-state index contributed by atoms with van der Waals surface area (Å²) in [4.78, 5) is 37.4. The van der Waals surface area contributed by atoms with Crippen molar-refractivity contribution in [2.24, 2.45) is 0 Å². The SMILES string of the molecule is CCCCCCC/C=C\C/C=C\CCCCCCCCCCCCCCCCCCCCCCCCCCCCCC(=O)OC(COC(=O)CCCCCCCCCCCCCCCCCCCC)COC(OCC[N+](C)(C)C)C(=O)[O-]. The summed E-state index contributed by atoms with van der Waals surface area (Å²) >= 11 is 0. The molecule has 0 saturated heterocycles. The number of esters is 2. The van der Waals surface area contributed by atoms with Crippen molar-refractivity contribution >= 4 is 17.9 Å². The summed E-state index contributed by atoms with van der Waals surface area (Å²) in [5.41, 5.74) is 0. The van der Waals surface area contributed by atoms with E-state index in [0.717, 1.165) is 44.9 Å². The molecule has 0 heterocycles. The third kappa shape index (κ3) is 65.3. The lowest BCUT2D eigenvalue weighted by Gasteiger charge is -2.26. The second-order valence-electron chi connectivity index (χ2n) is 25.9. The number of allylic oxidation sites excluding steroid dienone is 4. The van der Waals surface area contributed by atoms with Gasteiger partial charge in [-0.05, 0) is 44.9 Å². The van der Waals surface area contributed by atoms with E-state index >= 15 is 0 Å². The van der Waals surface area contributed by atoms with Crippen molar-refractivity contribution in [2.75, 3.05) is 47.5 Å². The number of hydrogen-bond acceptors (Lipinski definition) is 8. The van der Waals surface area contributed by atoms with E-state index in [-0.39, 0.29) is 32.2 Å². The van der Waals surface area contributed by atoms with Crippen LogP contribution in [-0.4, -0.2) is 82.3 Å². The first-order valence-corrected chi connectivity index (χ1v) is 36.0. The average molecular weight is 1160 g/mol. The standard InChI is InChI=1S/C73H139NO8/c1-6-8-10-12-14-16-18-20-22-24-26-27-28-29-30-31-32-33-34-35-36-37-38-39-40-41-42-43-44-45-46-48-50-52-54-56-58-60-62-64-71(76)82-69(68-81-73(72(77)78)79-66-65-74(3,4)5)67-80-70(75)63-61-59-57-55-53-51-49-47-25-23-21-19-17-15-13-11-9-7-2/h18,20,24,26,69,73H,6-17,19,21-23,25,27-68H2,1-5H3/b20-18-,26-24-. The first-order chi connectivity index (χ1) is 40.1. The maximum absolute atomic E-state index is 12.9. The van der Waals surface area contributed by atoms with Crippen LogP contribution in [0.2, 0.25) is 0 Å². The normalized spacial score (nSPS) is 12.7. The number of quaternary nitrogens is 1. The zero-order valence-corrected chi connectivity index (χ0v) is 55.4. The molecular weight excluding hydrogens is 1020 g/mol. The Hall–Kier alpha value is -2.23. The van der Waals surface area contributed by atoms with Gasteiger partial charge in [-0.15, -0.1) is 0 Å². The maximum Gasteiger partial charge on any atom is 0.306 e. The van der Waals surface area contributed by atoms with Crippen LogP contribution in [0.1, 0.15) is 367 Å². The van der Waals surface area contributed by atoms with Crippen LogP contribution >= 0.6 is 0 Å². The summed E-state index contributed by atoms with van der Waals surface area (Å²) in [5, 5.41) is 11.8. The van der Waals surface area contributed by atoms with E-state index in [1.54, 1.807) is 0 Å². The van der Waals surface area contributed by atoms with E-state index in [9.17, 15) is 19.5 Å². The molecule has 0 spiro atoms. The van der Waals surface area contributed by atoms with Crippen molar-refractivity contribution < 1.29 is 42.9 Å². The molecule has 2 unspecified atom stereocenters. The molecule has 0 aromatic heterocycles. The van der Waals surface area contributed by atoms with Gasteiger partial charge >= 0.3 is 11.9 Å². The van der Waals surface area contributed by atoms with Crippen LogP contribution in [0.15, 0.2) is 24.3 Å². The lowest BCUT2D eigenvalue weighted by molar-refractivity contribution is -0.870. The van der Waals surface area contributed by atoms with Crippen LogP contribution in [0.5, 0.6) is 0 Å². The fourth-order valence-corrected chi connectivity index (χ4v) is 10.9. The molecule has 0 bridgehead atoms. The lowest BCUT2D eigenvalue weighted by Crippen LogP contribution is -2.44. The van der Waals surface area contributed by atoms with Crippen LogP contribution in [0.4, 0.5) is 0 Å². The van der Waals surface area contributed by atoms with Crippen molar-refractivity contribution in [1.29, 1.82) is 0 Å². The summed E-state index contributed by atoms with van der Waals surface area (Å²) < 4.78 is 22.8. The lowest BCUT2D eigenvalue weighted by atomic mass is 10.0. The van der Waals surface area contributed by atoms with Crippen molar-refractivity contribution in [2.45, 2.75) is 379 Å². The first-order valence-electron chi connectivity index (χ1n) is 36.0. The highest BCUT2D eigenvalue weighted by Crippen LogP contribution is 2.19. The van der Waals surface area contributed by atoms with Gasteiger partial charge in [-0.2, -0.15) is 0 Å². The van der Waals surface area contributed by atoms with Gasteiger partial charge in [-0.1, -0.05) is 334 Å². The second-order valence-corrected chi connectivity index (χ2v) is 25.9. The number of unbranched alkanes of at least 4 members (excludes halogenated alkanes) is 49. The van der Waals surface area contributed by atoms with Gasteiger partial charge in [0.1, 0.15) is 13.2 Å². The number of carboxylic acid groups (broad SMARTS) is 1. The van der Waals surface area contributed by atoms with Gasteiger partial charge in [-0.3, -0.25) is 9.59 Å². The minimum atomic E-state index is -1.62. The topological polar surface area (TPSA) is 111 Å². The number of carbonyl (C=O) groups is 3. The predicted molar refractivity (Wildman–Crippen MR) is 348 cm³/mol. The number of carbonyl (C=O) groups excluding carboxylic acids is 3. The maximum atomic E-state index is 12.9. The van der Waals surface area contributed by atoms with Gasteiger partial charge in [-0.25, -0.2) is 0 Å². The van der Waals surface area contributed by atoms with Crippen LogP contribution in [0.3, 0.4) is 0 Å². The van der Waals surface area contributed by atoms with Crippen molar-refractivity contribution in [3.05, 3.63) is 24.3 Å². The molecule has 9 heteroatoms. The Balaban J connectivity index is 3.93. The molecule has 0 amide bonds. The average Bonchev–Trinajstić information content (AvgIpc) is 3.45. The number of rotatable bonds is 68. The van der Waals surface area contributed by atoms with Crippen molar-refractivity contribution in [3.8, 4) is 0 Å².